The van der Waals surface area contributed by atoms with Crippen LogP contribution in [0.3, 0.4) is 0 Å². The van der Waals surface area contributed by atoms with Gasteiger partial charge >= 0.3 is 0 Å². The van der Waals surface area contributed by atoms with E-state index in [0.29, 0.717) is 20.2 Å². The number of nitrogens with zero attached hydrogens (tertiary/aromatic N) is 1. The first-order valence-corrected chi connectivity index (χ1v) is 9.74. The summed E-state index contributed by atoms with van der Waals surface area (Å²) in [5, 5.41) is 0.759. The molecule has 2 aromatic carbocycles. The second kappa shape index (κ2) is 6.44. The molecule has 8 heteroatoms. The molecule has 3 rings (SSSR count). The summed E-state index contributed by atoms with van der Waals surface area (Å²) in [6.45, 7) is 0. The maximum absolute atomic E-state index is 13.0. The minimum Gasteiger partial charge on any atom is -0.397 e. The molecule has 0 saturated carbocycles. The van der Waals surface area contributed by atoms with Crippen LogP contribution in [0.25, 0.3) is 11.3 Å². The highest BCUT2D eigenvalue weighted by Gasteiger charge is 2.26. The molecule has 0 aliphatic carbocycles. The Morgan fingerprint density at radius 3 is 2.29 bits per heavy atom. The topological polar surface area (TPSA) is 65.1 Å². The van der Waals surface area contributed by atoms with Crippen LogP contribution in [0.15, 0.2) is 64.1 Å². The molecule has 2 N–H and O–H groups in total. The Morgan fingerprint density at radius 2 is 1.67 bits per heavy atom. The van der Waals surface area contributed by atoms with E-state index in [1.165, 1.54) is 24.3 Å². The number of halogens is 3. The summed E-state index contributed by atoms with van der Waals surface area (Å²) in [6.07, 6.45) is 0. The third-order valence-electron chi connectivity index (χ3n) is 3.41. The smallest absolute Gasteiger partial charge is 0.269 e. The number of hydrogen-bond acceptors (Lipinski definition) is 3. The number of aromatic nitrogens is 1. The first-order valence-electron chi connectivity index (χ1n) is 6.75. The first-order chi connectivity index (χ1) is 11.3. The minimum atomic E-state index is -3.86. The van der Waals surface area contributed by atoms with Crippen molar-refractivity contribution in [2.24, 2.45) is 0 Å². The highest BCUT2D eigenvalue weighted by atomic mass is 79.9. The van der Waals surface area contributed by atoms with E-state index in [0.717, 1.165) is 3.97 Å². The monoisotopic (exact) mass is 444 g/mol. The van der Waals surface area contributed by atoms with Crippen molar-refractivity contribution in [2.75, 3.05) is 5.73 Å². The van der Waals surface area contributed by atoms with Crippen molar-refractivity contribution in [1.82, 2.24) is 3.97 Å². The van der Waals surface area contributed by atoms with E-state index >= 15 is 0 Å². The van der Waals surface area contributed by atoms with Gasteiger partial charge < -0.3 is 5.73 Å². The molecule has 0 amide bonds. The fourth-order valence-corrected chi connectivity index (χ4v) is 5.29. The van der Waals surface area contributed by atoms with E-state index in [1.807, 2.05) is 0 Å². The van der Waals surface area contributed by atoms with Gasteiger partial charge in [0, 0.05) is 10.6 Å². The molecule has 0 aliphatic rings. The van der Waals surface area contributed by atoms with Crippen molar-refractivity contribution in [2.45, 2.75) is 4.90 Å². The van der Waals surface area contributed by atoms with E-state index in [-0.39, 0.29) is 16.3 Å². The fraction of sp³-hybridized carbons (Fsp3) is 0. The second-order valence-corrected chi connectivity index (χ2v) is 8.42. The summed E-state index contributed by atoms with van der Waals surface area (Å²) >= 11 is 15.4. The van der Waals surface area contributed by atoms with Crippen molar-refractivity contribution in [1.29, 1.82) is 0 Å². The highest BCUT2D eigenvalue weighted by molar-refractivity contribution is 9.10. The molecule has 4 nitrogen and oxygen atoms in total. The average molecular weight is 446 g/mol. The standard InChI is InChI=1S/C16H11BrCl2N2O2S/c17-15-9-14(20)16(12-7-6-10(18)8-13(12)19)21(15)24(22,23)11-4-2-1-3-5-11/h1-9H,20H2. The molecule has 0 fully saturated rings. The summed E-state index contributed by atoms with van der Waals surface area (Å²) in [4.78, 5) is 0.146. The van der Waals surface area contributed by atoms with Gasteiger partial charge in [0.15, 0.2) is 0 Å². The normalized spacial score (nSPS) is 11.6. The lowest BCUT2D eigenvalue weighted by Crippen LogP contribution is -2.15. The highest BCUT2D eigenvalue weighted by Crippen LogP contribution is 2.39. The number of anilines is 1. The molecule has 0 unspecified atom stereocenters. The maximum atomic E-state index is 13.0. The van der Waals surface area contributed by atoms with E-state index < -0.39 is 10.0 Å². The van der Waals surface area contributed by atoms with Crippen LogP contribution in [-0.4, -0.2) is 12.4 Å². The van der Waals surface area contributed by atoms with Crippen molar-refractivity contribution >= 4 is 54.8 Å². The van der Waals surface area contributed by atoms with Gasteiger partial charge in [-0.05, 0) is 52.3 Å². The lowest BCUT2D eigenvalue weighted by molar-refractivity contribution is 0.587. The summed E-state index contributed by atoms with van der Waals surface area (Å²) in [5.74, 6) is 0. The van der Waals surface area contributed by atoms with Crippen LogP contribution in [0.2, 0.25) is 10.0 Å². The Bertz CT molecular complexity index is 1020. The van der Waals surface area contributed by atoms with Crippen LogP contribution in [0.1, 0.15) is 0 Å². The molecule has 1 heterocycles. The SMILES string of the molecule is Nc1cc(Br)n(S(=O)(=O)c2ccccc2)c1-c1ccc(Cl)cc1Cl. The molecule has 0 radical (unpaired) electrons. The zero-order chi connectivity index (χ0) is 17.5. The Morgan fingerprint density at radius 1 is 1.00 bits per heavy atom. The quantitative estimate of drug-likeness (QED) is 0.613. The van der Waals surface area contributed by atoms with Crippen molar-refractivity contribution in [3.8, 4) is 11.3 Å². The minimum absolute atomic E-state index is 0.146. The van der Waals surface area contributed by atoms with Crippen LogP contribution >= 0.6 is 39.1 Å². The van der Waals surface area contributed by atoms with E-state index in [4.69, 9.17) is 28.9 Å². The largest absolute Gasteiger partial charge is 0.397 e. The van der Waals surface area contributed by atoms with E-state index in [1.54, 1.807) is 30.3 Å². The maximum Gasteiger partial charge on any atom is 0.269 e. The summed E-state index contributed by atoms with van der Waals surface area (Å²) in [7, 11) is -3.86. The van der Waals surface area contributed by atoms with Gasteiger partial charge in [0.2, 0.25) is 0 Å². The number of nitrogens with two attached hydrogens (primary N) is 1. The van der Waals surface area contributed by atoms with Gasteiger partial charge in [0.05, 0.1) is 21.3 Å². The van der Waals surface area contributed by atoms with Crippen molar-refractivity contribution in [3.63, 3.8) is 0 Å². The molecule has 0 atom stereocenters. The molecule has 1 aromatic heterocycles. The van der Waals surface area contributed by atoms with E-state index in [2.05, 4.69) is 15.9 Å². The summed E-state index contributed by atoms with van der Waals surface area (Å²) < 4.78 is 27.5. The van der Waals surface area contributed by atoms with Gasteiger partial charge in [-0.3, -0.25) is 0 Å². The first kappa shape index (κ1) is 17.4. The molecule has 24 heavy (non-hydrogen) atoms. The molecule has 0 saturated heterocycles. The molecule has 0 aliphatic heterocycles. The zero-order valence-corrected chi connectivity index (χ0v) is 16.0. The zero-order valence-electron chi connectivity index (χ0n) is 12.1. The van der Waals surface area contributed by atoms with Crippen LogP contribution in [0.5, 0.6) is 0 Å². The molecule has 124 valence electrons. The summed E-state index contributed by atoms with van der Waals surface area (Å²) in [6, 6.07) is 14.4. The van der Waals surface area contributed by atoms with Gasteiger partial charge in [-0.1, -0.05) is 41.4 Å². The van der Waals surface area contributed by atoms with Gasteiger partial charge in [-0.15, -0.1) is 0 Å². The van der Waals surface area contributed by atoms with Gasteiger partial charge in [0.1, 0.15) is 4.60 Å². The lowest BCUT2D eigenvalue weighted by Gasteiger charge is -2.14. The van der Waals surface area contributed by atoms with Gasteiger partial charge in [-0.25, -0.2) is 12.4 Å². The number of rotatable bonds is 3. The Hall–Kier alpha value is -1.47. The third kappa shape index (κ3) is 2.95. The van der Waals surface area contributed by atoms with Crippen LogP contribution < -0.4 is 5.73 Å². The van der Waals surface area contributed by atoms with Crippen molar-refractivity contribution in [3.05, 3.63) is 69.2 Å². The number of hydrogen-bond donors (Lipinski definition) is 1. The summed E-state index contributed by atoms with van der Waals surface area (Å²) in [5.41, 5.74) is 7.09. The lowest BCUT2D eigenvalue weighted by atomic mass is 10.1. The molecule has 3 aromatic rings. The van der Waals surface area contributed by atoms with Crippen LogP contribution in [0.4, 0.5) is 5.69 Å². The van der Waals surface area contributed by atoms with Crippen molar-refractivity contribution < 1.29 is 8.42 Å². The molecular weight excluding hydrogens is 435 g/mol. The van der Waals surface area contributed by atoms with Gasteiger partial charge in [0.25, 0.3) is 10.0 Å². The third-order valence-corrected chi connectivity index (χ3v) is 6.51. The molecular formula is C16H11BrCl2N2O2S. The van der Waals surface area contributed by atoms with Gasteiger partial charge in [-0.2, -0.15) is 0 Å². The van der Waals surface area contributed by atoms with E-state index in [9.17, 15) is 8.42 Å². The number of nitrogen functional groups attached to an aromatic ring is 1. The predicted molar refractivity (Wildman–Crippen MR) is 101 cm³/mol. The molecule has 0 spiro atoms. The predicted octanol–water partition coefficient (Wildman–Crippen LogP) is 5.04. The number of benzene rings is 2. The second-order valence-electron chi connectivity index (χ2n) is 4.98. The Kier molecular flexibility index (Phi) is 4.66. The average Bonchev–Trinajstić information content (AvgIpc) is 2.83. The Labute approximate surface area is 158 Å². The fourth-order valence-electron chi connectivity index (χ4n) is 2.36. The molecule has 0 bridgehead atoms. The van der Waals surface area contributed by atoms with Crippen LogP contribution in [0, 0.1) is 0 Å². The van der Waals surface area contributed by atoms with Crippen LogP contribution in [-0.2, 0) is 10.0 Å². The Balaban J connectivity index is 2.31.